The largest absolute Gasteiger partial charge is 0.393 e. The summed E-state index contributed by atoms with van der Waals surface area (Å²) in [5, 5.41) is 11.9. The Hall–Kier alpha value is -0.340. The van der Waals surface area contributed by atoms with Gasteiger partial charge in [-0.2, -0.15) is 0 Å². The smallest absolute Gasteiger partial charge is 0.0568 e. The second-order valence-electron chi connectivity index (χ2n) is 4.23. The van der Waals surface area contributed by atoms with Gasteiger partial charge in [0.2, 0.25) is 0 Å². The number of aliphatic hydroxyl groups is 1. The molecule has 2 heteroatoms. The van der Waals surface area contributed by atoms with Crippen LogP contribution >= 0.6 is 11.3 Å². The van der Waals surface area contributed by atoms with E-state index in [4.69, 9.17) is 0 Å². The Balaban J connectivity index is 1.79. The number of rotatable bonds is 3. The van der Waals surface area contributed by atoms with E-state index >= 15 is 0 Å². The number of thiophene rings is 1. The van der Waals surface area contributed by atoms with Gasteiger partial charge in [0.15, 0.2) is 0 Å². The molecular weight excluding hydrogens is 192 g/mol. The molecule has 2 unspecified atom stereocenters. The lowest BCUT2D eigenvalue weighted by atomic mass is 9.83. The summed E-state index contributed by atoms with van der Waals surface area (Å²) in [4.78, 5) is 1.46. The second-order valence-corrected chi connectivity index (χ2v) is 5.26. The third-order valence-electron chi connectivity index (χ3n) is 3.21. The maximum absolute atomic E-state index is 9.80. The monoisotopic (exact) mass is 210 g/mol. The molecule has 14 heavy (non-hydrogen) atoms. The van der Waals surface area contributed by atoms with Gasteiger partial charge in [-0.1, -0.05) is 18.9 Å². The Morgan fingerprint density at radius 1 is 1.36 bits per heavy atom. The van der Waals surface area contributed by atoms with Crippen LogP contribution < -0.4 is 0 Å². The Bertz CT molecular complexity index is 255. The van der Waals surface area contributed by atoms with E-state index in [0.29, 0.717) is 5.92 Å². The zero-order valence-corrected chi connectivity index (χ0v) is 9.30. The van der Waals surface area contributed by atoms with Crippen LogP contribution in [-0.2, 0) is 6.42 Å². The lowest BCUT2D eigenvalue weighted by molar-refractivity contribution is 0.0656. The molecule has 1 aromatic heterocycles. The molecule has 0 aromatic carbocycles. The third kappa shape index (κ3) is 2.58. The number of aryl methyl sites for hydroxylation is 1. The van der Waals surface area contributed by atoms with Crippen LogP contribution in [0.2, 0.25) is 0 Å². The molecule has 0 aliphatic heterocycles. The van der Waals surface area contributed by atoms with Gasteiger partial charge in [-0.3, -0.25) is 0 Å². The Morgan fingerprint density at radius 3 is 2.93 bits per heavy atom. The molecule has 0 saturated heterocycles. The average molecular weight is 210 g/mol. The van der Waals surface area contributed by atoms with Gasteiger partial charge in [0, 0.05) is 4.88 Å². The molecule has 78 valence electrons. The van der Waals surface area contributed by atoms with E-state index in [-0.39, 0.29) is 6.10 Å². The molecule has 1 N–H and O–H groups in total. The van der Waals surface area contributed by atoms with Crippen molar-refractivity contribution >= 4 is 11.3 Å². The minimum absolute atomic E-state index is 0.0243. The predicted molar refractivity (Wildman–Crippen MR) is 60.6 cm³/mol. The highest BCUT2D eigenvalue weighted by atomic mass is 32.1. The second kappa shape index (κ2) is 4.94. The Labute approximate surface area is 89.8 Å². The van der Waals surface area contributed by atoms with Crippen LogP contribution in [0, 0.1) is 5.92 Å². The highest BCUT2D eigenvalue weighted by Gasteiger charge is 2.22. The summed E-state index contributed by atoms with van der Waals surface area (Å²) < 4.78 is 0. The molecule has 1 nitrogen and oxygen atoms in total. The van der Waals surface area contributed by atoms with Crippen LogP contribution in [0.5, 0.6) is 0 Å². The SMILES string of the molecule is OC1CCCCC1CCc1cccs1. The van der Waals surface area contributed by atoms with Gasteiger partial charge in [0.05, 0.1) is 6.10 Å². The maximum Gasteiger partial charge on any atom is 0.0568 e. The average Bonchev–Trinajstić information content (AvgIpc) is 2.69. The van der Waals surface area contributed by atoms with Crippen LogP contribution in [0.3, 0.4) is 0 Å². The van der Waals surface area contributed by atoms with Crippen LogP contribution in [-0.4, -0.2) is 11.2 Å². The fourth-order valence-corrected chi connectivity index (χ4v) is 3.03. The third-order valence-corrected chi connectivity index (χ3v) is 4.15. The number of hydrogen-bond acceptors (Lipinski definition) is 2. The first-order valence-electron chi connectivity index (χ1n) is 5.56. The van der Waals surface area contributed by atoms with E-state index in [9.17, 15) is 5.11 Å². The molecule has 1 aliphatic rings. The molecular formula is C12H18OS. The number of aliphatic hydroxyl groups excluding tert-OH is 1. The van der Waals surface area contributed by atoms with Crippen molar-refractivity contribution in [3.63, 3.8) is 0 Å². The lowest BCUT2D eigenvalue weighted by Crippen LogP contribution is -2.24. The summed E-state index contributed by atoms with van der Waals surface area (Å²) >= 11 is 1.83. The van der Waals surface area contributed by atoms with Gasteiger partial charge < -0.3 is 5.11 Å². The molecule has 0 spiro atoms. The van der Waals surface area contributed by atoms with E-state index in [1.54, 1.807) is 0 Å². The molecule has 1 heterocycles. The van der Waals surface area contributed by atoms with Crippen molar-refractivity contribution < 1.29 is 5.11 Å². The van der Waals surface area contributed by atoms with Crippen molar-refractivity contribution in [3.05, 3.63) is 22.4 Å². The molecule has 2 atom stereocenters. The Morgan fingerprint density at radius 2 is 2.21 bits per heavy atom. The first-order valence-corrected chi connectivity index (χ1v) is 6.44. The first kappa shape index (κ1) is 10.2. The molecule has 1 saturated carbocycles. The van der Waals surface area contributed by atoms with Gasteiger partial charge in [-0.15, -0.1) is 11.3 Å². The normalized spacial score (nSPS) is 27.8. The van der Waals surface area contributed by atoms with E-state index in [1.807, 2.05) is 11.3 Å². The van der Waals surface area contributed by atoms with Gasteiger partial charge in [0.1, 0.15) is 0 Å². The summed E-state index contributed by atoms with van der Waals surface area (Å²) in [5.74, 6) is 0.561. The summed E-state index contributed by atoms with van der Waals surface area (Å²) in [5.41, 5.74) is 0. The van der Waals surface area contributed by atoms with Crippen LogP contribution in [0.25, 0.3) is 0 Å². The summed E-state index contributed by atoms with van der Waals surface area (Å²) in [6.07, 6.45) is 7.08. The standard InChI is InChI=1S/C12H18OS/c13-12-6-2-1-4-10(12)7-8-11-5-3-9-14-11/h3,5,9-10,12-13H,1-2,4,6-8H2. The van der Waals surface area contributed by atoms with E-state index in [0.717, 1.165) is 12.8 Å². The van der Waals surface area contributed by atoms with Crippen molar-refractivity contribution in [2.75, 3.05) is 0 Å². The van der Waals surface area contributed by atoms with Gasteiger partial charge >= 0.3 is 0 Å². The summed E-state index contributed by atoms with van der Waals surface area (Å²) in [7, 11) is 0. The van der Waals surface area contributed by atoms with Gasteiger partial charge in [-0.25, -0.2) is 0 Å². The molecule has 0 bridgehead atoms. The van der Waals surface area contributed by atoms with Crippen LogP contribution in [0.1, 0.15) is 37.0 Å². The van der Waals surface area contributed by atoms with Gasteiger partial charge in [-0.05, 0) is 43.0 Å². The van der Waals surface area contributed by atoms with Gasteiger partial charge in [0.25, 0.3) is 0 Å². The highest BCUT2D eigenvalue weighted by molar-refractivity contribution is 7.09. The van der Waals surface area contributed by atoms with Crippen LogP contribution in [0.4, 0.5) is 0 Å². The molecule has 1 aliphatic carbocycles. The highest BCUT2D eigenvalue weighted by Crippen LogP contribution is 2.28. The fraction of sp³-hybridized carbons (Fsp3) is 0.667. The topological polar surface area (TPSA) is 20.2 Å². The van der Waals surface area contributed by atoms with Crippen molar-refractivity contribution in [1.82, 2.24) is 0 Å². The van der Waals surface area contributed by atoms with Crippen molar-refractivity contribution in [2.24, 2.45) is 5.92 Å². The van der Waals surface area contributed by atoms with E-state index < -0.39 is 0 Å². The molecule has 0 radical (unpaired) electrons. The summed E-state index contributed by atoms with van der Waals surface area (Å²) in [6, 6.07) is 4.30. The van der Waals surface area contributed by atoms with E-state index in [1.165, 1.54) is 30.6 Å². The van der Waals surface area contributed by atoms with Crippen molar-refractivity contribution in [1.29, 1.82) is 0 Å². The van der Waals surface area contributed by atoms with Crippen LogP contribution in [0.15, 0.2) is 17.5 Å². The lowest BCUT2D eigenvalue weighted by Gasteiger charge is -2.27. The molecule has 1 aromatic rings. The minimum Gasteiger partial charge on any atom is -0.393 e. The predicted octanol–water partition coefficient (Wildman–Crippen LogP) is 3.23. The fourth-order valence-electron chi connectivity index (χ4n) is 2.31. The minimum atomic E-state index is -0.0243. The molecule has 1 fully saturated rings. The van der Waals surface area contributed by atoms with Crippen molar-refractivity contribution in [3.8, 4) is 0 Å². The van der Waals surface area contributed by atoms with E-state index in [2.05, 4.69) is 17.5 Å². The molecule has 2 rings (SSSR count). The summed E-state index contributed by atoms with van der Waals surface area (Å²) in [6.45, 7) is 0. The maximum atomic E-state index is 9.80. The van der Waals surface area contributed by atoms with Crippen molar-refractivity contribution in [2.45, 2.75) is 44.6 Å². The quantitative estimate of drug-likeness (QED) is 0.812. The zero-order valence-electron chi connectivity index (χ0n) is 8.48. The zero-order chi connectivity index (χ0) is 9.80. The Kier molecular flexibility index (Phi) is 3.60. The number of hydrogen-bond donors (Lipinski definition) is 1. The molecule has 0 amide bonds. The first-order chi connectivity index (χ1) is 6.86.